The van der Waals surface area contributed by atoms with Gasteiger partial charge in [-0.1, -0.05) is 6.58 Å². The van der Waals surface area contributed by atoms with E-state index < -0.39 is 0 Å². The molecule has 16 heavy (non-hydrogen) atoms. The first kappa shape index (κ1) is 10.2. The lowest BCUT2D eigenvalue weighted by Crippen LogP contribution is -2.31. The van der Waals surface area contributed by atoms with E-state index in [9.17, 15) is 0 Å². The highest BCUT2D eigenvalue weighted by Gasteiger charge is 2.18. The van der Waals surface area contributed by atoms with E-state index in [2.05, 4.69) is 28.6 Å². The molecule has 2 aromatic heterocycles. The zero-order valence-corrected chi connectivity index (χ0v) is 8.72. The first-order valence-electron chi connectivity index (χ1n) is 4.72. The van der Waals surface area contributed by atoms with E-state index in [1.165, 1.54) is 0 Å². The fourth-order valence-electron chi connectivity index (χ4n) is 1.42. The van der Waals surface area contributed by atoms with Crippen molar-refractivity contribution in [2.45, 2.75) is 6.29 Å². The van der Waals surface area contributed by atoms with Crippen molar-refractivity contribution in [1.82, 2.24) is 24.6 Å². The summed E-state index contributed by atoms with van der Waals surface area (Å²) in [5, 5.41) is 13.8. The third kappa shape index (κ3) is 1.72. The van der Waals surface area contributed by atoms with E-state index in [0.717, 1.165) is 0 Å². The number of hydrogen-bond donors (Lipinski definition) is 0. The summed E-state index contributed by atoms with van der Waals surface area (Å²) in [7, 11) is 0. The van der Waals surface area contributed by atoms with Crippen LogP contribution in [0.15, 0.2) is 54.8 Å². The number of rotatable bonds is 5. The molecule has 0 unspecified atom stereocenters. The number of hydrazone groups is 1. The lowest BCUT2D eigenvalue weighted by molar-refractivity contribution is 0.148. The summed E-state index contributed by atoms with van der Waals surface area (Å²) in [5.41, 5.74) is 0. The van der Waals surface area contributed by atoms with Gasteiger partial charge in [-0.15, -0.1) is 0 Å². The lowest BCUT2D eigenvalue weighted by Gasteiger charge is -2.25. The van der Waals surface area contributed by atoms with Crippen molar-refractivity contribution in [3.05, 3.63) is 49.7 Å². The Balaban J connectivity index is 2.41. The molecule has 82 valence electrons. The van der Waals surface area contributed by atoms with Gasteiger partial charge in [-0.3, -0.25) is 0 Å². The van der Waals surface area contributed by atoms with Crippen LogP contribution >= 0.6 is 0 Å². The van der Waals surface area contributed by atoms with E-state index in [1.54, 1.807) is 33.0 Å². The Bertz CT molecular complexity index is 401. The summed E-state index contributed by atoms with van der Waals surface area (Å²) >= 11 is 0. The predicted molar refractivity (Wildman–Crippen MR) is 60.5 cm³/mol. The van der Waals surface area contributed by atoms with Gasteiger partial charge in [0.05, 0.1) is 0 Å². The summed E-state index contributed by atoms with van der Waals surface area (Å²) in [6.07, 6.45) is 8.30. The van der Waals surface area contributed by atoms with Crippen LogP contribution in [0, 0.1) is 0 Å². The molecule has 0 aromatic carbocycles. The van der Waals surface area contributed by atoms with E-state index >= 15 is 0 Å². The summed E-state index contributed by atoms with van der Waals surface area (Å²) in [5.74, 6) is 0. The molecule has 6 nitrogen and oxygen atoms in total. The molecule has 0 aliphatic heterocycles. The lowest BCUT2D eigenvalue weighted by atomic mass is 10.6. The Hall–Kier alpha value is -2.37. The quantitative estimate of drug-likeness (QED) is 0.556. The van der Waals surface area contributed by atoms with Crippen molar-refractivity contribution < 1.29 is 0 Å². The fourth-order valence-corrected chi connectivity index (χ4v) is 1.42. The van der Waals surface area contributed by atoms with E-state index in [4.69, 9.17) is 0 Å². The van der Waals surface area contributed by atoms with Crippen LogP contribution in [0.3, 0.4) is 0 Å². The van der Waals surface area contributed by atoms with Crippen molar-refractivity contribution in [3.63, 3.8) is 0 Å². The standard InChI is InChI=1S/C10H12N6/c1-3-14(11-2)10(15-8-4-6-12-15)16-9-5-7-13-16/h3-10H,1-2H2. The molecule has 0 saturated heterocycles. The molecular weight excluding hydrogens is 204 g/mol. The van der Waals surface area contributed by atoms with Crippen LogP contribution in [-0.4, -0.2) is 31.3 Å². The topological polar surface area (TPSA) is 51.2 Å². The summed E-state index contributed by atoms with van der Waals surface area (Å²) in [6.45, 7) is 7.18. The molecule has 2 heterocycles. The summed E-state index contributed by atoms with van der Waals surface area (Å²) in [4.78, 5) is 0. The number of nitrogens with zero attached hydrogens (tertiary/aromatic N) is 6. The Morgan fingerprint density at radius 1 is 1.19 bits per heavy atom. The largest absolute Gasteiger partial charge is 0.237 e. The first-order valence-corrected chi connectivity index (χ1v) is 4.72. The van der Waals surface area contributed by atoms with Gasteiger partial charge < -0.3 is 0 Å². The Morgan fingerprint density at radius 3 is 2.06 bits per heavy atom. The Kier molecular flexibility index (Phi) is 2.81. The van der Waals surface area contributed by atoms with Crippen molar-refractivity contribution in [1.29, 1.82) is 0 Å². The second-order valence-electron chi connectivity index (χ2n) is 3.02. The average Bonchev–Trinajstić information content (AvgIpc) is 2.98. The van der Waals surface area contributed by atoms with E-state index in [1.807, 2.05) is 24.5 Å². The van der Waals surface area contributed by atoms with Gasteiger partial charge in [0.1, 0.15) is 0 Å². The Labute approximate surface area is 93.1 Å². The summed E-state index contributed by atoms with van der Waals surface area (Å²) in [6, 6.07) is 3.67. The smallest absolute Gasteiger partial charge is 0.229 e. The molecule has 2 aromatic rings. The van der Waals surface area contributed by atoms with Gasteiger partial charge >= 0.3 is 0 Å². The first-order chi connectivity index (χ1) is 7.86. The van der Waals surface area contributed by atoms with Crippen molar-refractivity contribution >= 4 is 6.72 Å². The second-order valence-corrected chi connectivity index (χ2v) is 3.02. The van der Waals surface area contributed by atoms with Crippen LogP contribution in [0.1, 0.15) is 6.29 Å². The second kappa shape index (κ2) is 4.43. The van der Waals surface area contributed by atoms with Crippen LogP contribution in [0.4, 0.5) is 0 Å². The van der Waals surface area contributed by atoms with Gasteiger partial charge in [0, 0.05) is 37.7 Å². The zero-order chi connectivity index (χ0) is 11.4. The highest BCUT2D eigenvalue weighted by molar-refractivity contribution is 5.22. The third-order valence-corrected chi connectivity index (χ3v) is 2.11. The third-order valence-electron chi connectivity index (χ3n) is 2.11. The van der Waals surface area contributed by atoms with Gasteiger partial charge in [-0.2, -0.15) is 15.3 Å². The monoisotopic (exact) mass is 216 g/mol. The van der Waals surface area contributed by atoms with Crippen LogP contribution in [0.5, 0.6) is 0 Å². The molecule has 0 saturated carbocycles. The van der Waals surface area contributed by atoms with Gasteiger partial charge in [-0.25, -0.2) is 14.4 Å². The molecule has 2 rings (SSSR count). The minimum Gasteiger partial charge on any atom is -0.229 e. The van der Waals surface area contributed by atoms with Crippen LogP contribution < -0.4 is 0 Å². The maximum absolute atomic E-state index is 4.17. The minimum atomic E-state index is -0.319. The van der Waals surface area contributed by atoms with Crippen LogP contribution in [0.2, 0.25) is 0 Å². The van der Waals surface area contributed by atoms with Gasteiger partial charge in [0.2, 0.25) is 6.29 Å². The van der Waals surface area contributed by atoms with E-state index in [-0.39, 0.29) is 6.29 Å². The maximum Gasteiger partial charge on any atom is 0.237 e. The fraction of sp³-hybridized carbons (Fsp3) is 0.100. The molecule has 0 spiro atoms. The SMILES string of the molecule is C=CN(N=C)C(n1cccn1)n1cccn1. The van der Waals surface area contributed by atoms with Crippen molar-refractivity contribution in [2.75, 3.05) is 0 Å². The molecule has 0 bridgehead atoms. The average molecular weight is 216 g/mol. The zero-order valence-electron chi connectivity index (χ0n) is 8.72. The van der Waals surface area contributed by atoms with Crippen LogP contribution in [-0.2, 0) is 0 Å². The molecule has 6 heteroatoms. The molecular formula is C10H12N6. The number of aromatic nitrogens is 4. The summed E-state index contributed by atoms with van der Waals surface area (Å²) < 4.78 is 3.42. The highest BCUT2D eigenvalue weighted by Crippen LogP contribution is 2.14. The molecule has 0 aliphatic rings. The molecule has 0 amide bonds. The van der Waals surface area contributed by atoms with Gasteiger partial charge in [0.15, 0.2) is 0 Å². The molecule has 0 radical (unpaired) electrons. The Morgan fingerprint density at radius 2 is 1.75 bits per heavy atom. The van der Waals surface area contributed by atoms with Gasteiger partial charge in [-0.05, 0) is 12.1 Å². The molecule has 0 aliphatic carbocycles. The van der Waals surface area contributed by atoms with Crippen molar-refractivity contribution in [2.24, 2.45) is 5.10 Å². The maximum atomic E-state index is 4.17. The molecule has 0 atom stereocenters. The molecule has 0 N–H and O–H groups in total. The van der Waals surface area contributed by atoms with E-state index in [0.29, 0.717) is 0 Å². The van der Waals surface area contributed by atoms with Crippen molar-refractivity contribution in [3.8, 4) is 0 Å². The number of hydrogen-bond acceptors (Lipinski definition) is 4. The van der Waals surface area contributed by atoms with Gasteiger partial charge in [0.25, 0.3) is 0 Å². The van der Waals surface area contributed by atoms with Crippen LogP contribution in [0.25, 0.3) is 0 Å². The minimum absolute atomic E-state index is 0.319. The predicted octanol–water partition coefficient (Wildman–Crippen LogP) is 1.15. The molecule has 0 fully saturated rings. The highest BCUT2D eigenvalue weighted by atomic mass is 15.6. The normalized spacial score (nSPS) is 10.3.